The number of unbranched alkanes of at least 4 members (excludes halogenated alkanes) is 3. The third-order valence-corrected chi connectivity index (χ3v) is 3.70. The van der Waals surface area contributed by atoms with E-state index < -0.39 is 0 Å². The van der Waals surface area contributed by atoms with Gasteiger partial charge in [0.25, 0.3) is 0 Å². The summed E-state index contributed by atoms with van der Waals surface area (Å²) in [6.45, 7) is 5.22. The number of aliphatic imine (C=N–C) groups is 2. The summed E-state index contributed by atoms with van der Waals surface area (Å²) in [7, 11) is 0. The predicted molar refractivity (Wildman–Crippen MR) is 74.8 cm³/mol. The molecule has 0 atom stereocenters. The van der Waals surface area contributed by atoms with Crippen LogP contribution in [-0.4, -0.2) is 49.8 Å². The van der Waals surface area contributed by atoms with Crippen molar-refractivity contribution in [1.29, 1.82) is 0 Å². The van der Waals surface area contributed by atoms with E-state index in [1.165, 1.54) is 0 Å². The van der Waals surface area contributed by atoms with Crippen LogP contribution in [-0.2, 0) is 9.47 Å². The van der Waals surface area contributed by atoms with Gasteiger partial charge in [0, 0.05) is 6.61 Å². The molecule has 0 aliphatic carbocycles. The first-order valence-electron chi connectivity index (χ1n) is 7.24. The third kappa shape index (κ3) is 3.47. The number of ether oxygens (including phenoxy) is 2. The van der Waals surface area contributed by atoms with Crippen LogP contribution in [0.1, 0.15) is 39.0 Å². The molecule has 0 unspecified atom stereocenters. The Morgan fingerprint density at radius 1 is 1.00 bits per heavy atom. The SMILES string of the molecule is CC(CCCCCCO)(C1=NCCO1)C1=NCCO1. The minimum atomic E-state index is -0.299. The molecule has 1 N–H and O–H groups in total. The van der Waals surface area contributed by atoms with Crippen LogP contribution in [0.2, 0.25) is 0 Å². The largest absolute Gasteiger partial charge is 0.478 e. The van der Waals surface area contributed by atoms with Crippen LogP contribution in [0, 0.1) is 5.41 Å². The van der Waals surface area contributed by atoms with Crippen molar-refractivity contribution < 1.29 is 14.6 Å². The Balaban J connectivity index is 1.94. The zero-order chi connectivity index (χ0) is 13.6. The van der Waals surface area contributed by atoms with E-state index in [-0.39, 0.29) is 12.0 Å². The van der Waals surface area contributed by atoms with Crippen LogP contribution in [0.3, 0.4) is 0 Å². The van der Waals surface area contributed by atoms with E-state index in [4.69, 9.17) is 14.6 Å². The molecular formula is C14H24N2O3. The first-order chi connectivity index (χ1) is 9.27. The molecule has 19 heavy (non-hydrogen) atoms. The van der Waals surface area contributed by atoms with Crippen molar-refractivity contribution in [2.45, 2.75) is 39.0 Å². The van der Waals surface area contributed by atoms with Gasteiger partial charge in [0.1, 0.15) is 18.6 Å². The van der Waals surface area contributed by atoms with E-state index in [2.05, 4.69) is 16.9 Å². The van der Waals surface area contributed by atoms with Gasteiger partial charge >= 0.3 is 0 Å². The second-order valence-electron chi connectivity index (χ2n) is 5.29. The van der Waals surface area contributed by atoms with E-state index in [1.807, 2.05) is 0 Å². The summed E-state index contributed by atoms with van der Waals surface area (Å²) in [5.74, 6) is 1.57. The summed E-state index contributed by atoms with van der Waals surface area (Å²) in [5, 5.41) is 8.79. The fourth-order valence-electron chi connectivity index (χ4n) is 2.59. The van der Waals surface area contributed by atoms with Crippen LogP contribution in [0.4, 0.5) is 0 Å². The molecule has 0 aromatic heterocycles. The zero-order valence-corrected chi connectivity index (χ0v) is 11.7. The fourth-order valence-corrected chi connectivity index (χ4v) is 2.59. The summed E-state index contributed by atoms with van der Waals surface area (Å²) in [4.78, 5) is 8.92. The van der Waals surface area contributed by atoms with Gasteiger partial charge in [-0.2, -0.15) is 0 Å². The normalized spacial score (nSPS) is 18.8. The molecule has 0 spiro atoms. The number of nitrogens with zero attached hydrogens (tertiary/aromatic N) is 2. The Kier molecular flexibility index (Phi) is 5.19. The lowest BCUT2D eigenvalue weighted by atomic mass is 9.83. The van der Waals surface area contributed by atoms with Gasteiger partial charge < -0.3 is 14.6 Å². The molecule has 108 valence electrons. The molecule has 0 aromatic rings. The van der Waals surface area contributed by atoms with E-state index in [9.17, 15) is 0 Å². The van der Waals surface area contributed by atoms with E-state index in [0.29, 0.717) is 13.2 Å². The number of aliphatic hydroxyl groups is 1. The van der Waals surface area contributed by atoms with Gasteiger partial charge in [-0.15, -0.1) is 0 Å². The molecule has 0 aromatic carbocycles. The minimum Gasteiger partial charge on any atom is -0.478 e. The lowest BCUT2D eigenvalue weighted by Crippen LogP contribution is -2.37. The Morgan fingerprint density at radius 2 is 1.58 bits per heavy atom. The average molecular weight is 268 g/mol. The molecule has 0 radical (unpaired) electrons. The Morgan fingerprint density at radius 3 is 2.05 bits per heavy atom. The van der Waals surface area contributed by atoms with Gasteiger partial charge in [-0.05, 0) is 19.8 Å². The first kappa shape index (κ1) is 14.3. The number of rotatable bonds is 8. The second-order valence-corrected chi connectivity index (χ2v) is 5.29. The van der Waals surface area contributed by atoms with E-state index in [1.54, 1.807) is 0 Å². The summed E-state index contributed by atoms with van der Waals surface area (Å²) in [6, 6.07) is 0. The molecule has 0 fully saturated rings. The molecule has 2 aliphatic heterocycles. The maximum absolute atomic E-state index is 8.79. The summed E-state index contributed by atoms with van der Waals surface area (Å²) in [5.41, 5.74) is -0.299. The molecule has 2 heterocycles. The molecule has 2 aliphatic rings. The highest BCUT2D eigenvalue weighted by Crippen LogP contribution is 2.32. The summed E-state index contributed by atoms with van der Waals surface area (Å²) >= 11 is 0. The van der Waals surface area contributed by atoms with Gasteiger partial charge in [-0.25, -0.2) is 0 Å². The second kappa shape index (κ2) is 6.89. The molecular weight excluding hydrogens is 244 g/mol. The monoisotopic (exact) mass is 268 g/mol. The number of hydrogen-bond acceptors (Lipinski definition) is 5. The average Bonchev–Trinajstić information content (AvgIpc) is 3.11. The smallest absolute Gasteiger partial charge is 0.199 e. The predicted octanol–water partition coefficient (Wildman–Crippen LogP) is 1.79. The molecule has 5 nitrogen and oxygen atoms in total. The quantitative estimate of drug-likeness (QED) is 0.683. The lowest BCUT2D eigenvalue weighted by Gasteiger charge is -2.28. The van der Waals surface area contributed by atoms with Crippen LogP contribution in [0.15, 0.2) is 9.98 Å². The number of aliphatic hydroxyl groups excluding tert-OH is 1. The Bertz CT molecular complexity index is 329. The van der Waals surface area contributed by atoms with Gasteiger partial charge in [0.15, 0.2) is 11.8 Å². The molecule has 0 amide bonds. The van der Waals surface area contributed by atoms with Crippen molar-refractivity contribution in [1.82, 2.24) is 0 Å². The summed E-state index contributed by atoms with van der Waals surface area (Å²) in [6.07, 6.45) is 5.06. The Labute approximate surface area is 114 Å². The minimum absolute atomic E-state index is 0.281. The van der Waals surface area contributed by atoms with Crippen molar-refractivity contribution in [2.75, 3.05) is 32.9 Å². The van der Waals surface area contributed by atoms with Crippen LogP contribution in [0.25, 0.3) is 0 Å². The fraction of sp³-hybridized carbons (Fsp3) is 0.857. The van der Waals surface area contributed by atoms with Crippen molar-refractivity contribution in [3.63, 3.8) is 0 Å². The molecule has 0 saturated carbocycles. The van der Waals surface area contributed by atoms with Crippen molar-refractivity contribution in [3.8, 4) is 0 Å². The highest BCUT2D eigenvalue weighted by atomic mass is 16.5. The molecule has 2 rings (SSSR count). The number of hydrogen-bond donors (Lipinski definition) is 1. The zero-order valence-electron chi connectivity index (χ0n) is 11.7. The lowest BCUT2D eigenvalue weighted by molar-refractivity contribution is 0.261. The van der Waals surface area contributed by atoms with Crippen molar-refractivity contribution in [2.24, 2.45) is 15.4 Å². The van der Waals surface area contributed by atoms with E-state index in [0.717, 1.165) is 57.0 Å². The van der Waals surface area contributed by atoms with Gasteiger partial charge in [-0.3, -0.25) is 9.98 Å². The van der Waals surface area contributed by atoms with Gasteiger partial charge in [0.05, 0.1) is 13.1 Å². The standard InChI is InChI=1S/C14H24N2O3/c1-14(12-15-7-10-18-12,13-16-8-11-19-13)6-4-2-3-5-9-17/h17H,2-11H2,1H3. The maximum Gasteiger partial charge on any atom is 0.199 e. The third-order valence-electron chi connectivity index (χ3n) is 3.70. The van der Waals surface area contributed by atoms with E-state index >= 15 is 0 Å². The topological polar surface area (TPSA) is 63.4 Å². The van der Waals surface area contributed by atoms with Crippen LogP contribution >= 0.6 is 0 Å². The van der Waals surface area contributed by atoms with Crippen molar-refractivity contribution >= 4 is 11.8 Å². The van der Waals surface area contributed by atoms with Gasteiger partial charge in [-0.1, -0.05) is 19.3 Å². The summed E-state index contributed by atoms with van der Waals surface area (Å²) < 4.78 is 11.3. The first-order valence-corrected chi connectivity index (χ1v) is 7.24. The Hall–Kier alpha value is -1.10. The molecule has 5 heteroatoms. The maximum atomic E-state index is 8.79. The highest BCUT2D eigenvalue weighted by Gasteiger charge is 2.41. The van der Waals surface area contributed by atoms with Crippen molar-refractivity contribution in [3.05, 3.63) is 0 Å². The van der Waals surface area contributed by atoms with Crippen LogP contribution in [0.5, 0.6) is 0 Å². The van der Waals surface area contributed by atoms with Gasteiger partial charge in [0.2, 0.25) is 0 Å². The molecule has 0 bridgehead atoms. The molecule has 0 saturated heterocycles. The highest BCUT2D eigenvalue weighted by molar-refractivity contribution is 6.05. The van der Waals surface area contributed by atoms with Crippen LogP contribution < -0.4 is 0 Å².